The van der Waals surface area contributed by atoms with Crippen molar-refractivity contribution in [1.82, 2.24) is 5.32 Å². The van der Waals surface area contributed by atoms with E-state index in [4.69, 9.17) is 0 Å². The van der Waals surface area contributed by atoms with Gasteiger partial charge in [-0.05, 0) is 55.5 Å². The van der Waals surface area contributed by atoms with E-state index in [9.17, 15) is 14.0 Å². The van der Waals surface area contributed by atoms with Crippen molar-refractivity contribution in [2.75, 3.05) is 5.32 Å². The molecule has 1 atom stereocenters. The van der Waals surface area contributed by atoms with Crippen LogP contribution >= 0.6 is 0 Å². The van der Waals surface area contributed by atoms with E-state index >= 15 is 0 Å². The number of ketones is 1. The van der Waals surface area contributed by atoms with Crippen molar-refractivity contribution in [3.05, 3.63) is 88.0 Å². The zero-order chi connectivity index (χ0) is 21.3. The van der Waals surface area contributed by atoms with Gasteiger partial charge in [-0.15, -0.1) is 0 Å². The zero-order valence-corrected chi connectivity index (χ0v) is 17.2. The molecule has 1 aliphatic carbocycles. The van der Waals surface area contributed by atoms with Gasteiger partial charge in [-0.2, -0.15) is 0 Å². The average molecular weight is 404 g/mol. The molecule has 2 aromatic carbocycles. The Bertz CT molecular complexity index is 1070. The van der Waals surface area contributed by atoms with Gasteiger partial charge >= 0.3 is 0 Å². The Hall–Kier alpha value is -3.21. The summed E-state index contributed by atoms with van der Waals surface area (Å²) < 4.78 is 13.6. The fraction of sp³-hybridized carbons (Fsp3) is 0.280. The molecular weight excluding hydrogens is 379 g/mol. The lowest BCUT2D eigenvalue weighted by Crippen LogP contribution is -2.35. The minimum absolute atomic E-state index is 0.0804. The van der Waals surface area contributed by atoms with E-state index in [2.05, 4.69) is 17.6 Å². The molecule has 4 nitrogen and oxygen atoms in total. The number of hydrogen-bond acceptors (Lipinski definition) is 3. The largest absolute Gasteiger partial charge is 0.362 e. The van der Waals surface area contributed by atoms with E-state index in [0.29, 0.717) is 23.3 Å². The summed E-state index contributed by atoms with van der Waals surface area (Å²) in [7, 11) is 0. The molecule has 30 heavy (non-hydrogen) atoms. The molecule has 0 saturated heterocycles. The molecule has 0 saturated carbocycles. The first-order valence-corrected chi connectivity index (χ1v) is 10.4. The quantitative estimate of drug-likeness (QED) is 0.754. The van der Waals surface area contributed by atoms with Gasteiger partial charge in [0.15, 0.2) is 5.78 Å². The molecule has 1 amide bonds. The van der Waals surface area contributed by atoms with E-state index in [1.807, 2.05) is 31.2 Å². The smallest absolute Gasteiger partial charge is 0.254 e. The molecular formula is C25H25FN2O2. The summed E-state index contributed by atoms with van der Waals surface area (Å²) in [6.45, 7) is 3.95. The van der Waals surface area contributed by atoms with Gasteiger partial charge in [0.25, 0.3) is 5.91 Å². The summed E-state index contributed by atoms with van der Waals surface area (Å²) in [4.78, 5) is 26.2. The van der Waals surface area contributed by atoms with E-state index in [1.165, 1.54) is 17.7 Å². The molecule has 2 N–H and O–H groups in total. The molecule has 0 spiro atoms. The summed E-state index contributed by atoms with van der Waals surface area (Å²) in [5, 5.41) is 6.11. The minimum Gasteiger partial charge on any atom is -0.362 e. The second kappa shape index (κ2) is 8.27. The van der Waals surface area contributed by atoms with Crippen molar-refractivity contribution in [2.24, 2.45) is 0 Å². The molecule has 0 radical (unpaired) electrons. The second-order valence-corrected chi connectivity index (χ2v) is 7.83. The lowest BCUT2D eigenvalue weighted by Gasteiger charge is -2.34. The van der Waals surface area contributed by atoms with E-state index < -0.39 is 11.7 Å². The monoisotopic (exact) mass is 404 g/mol. The van der Waals surface area contributed by atoms with Gasteiger partial charge in [0.2, 0.25) is 0 Å². The molecule has 5 heteroatoms. The zero-order valence-electron chi connectivity index (χ0n) is 17.2. The number of hydrogen-bond donors (Lipinski definition) is 2. The third-order valence-electron chi connectivity index (χ3n) is 5.82. The molecule has 0 fully saturated rings. The minimum atomic E-state index is -0.437. The summed E-state index contributed by atoms with van der Waals surface area (Å²) >= 11 is 0. The van der Waals surface area contributed by atoms with E-state index in [1.54, 1.807) is 12.1 Å². The lowest BCUT2D eigenvalue weighted by molar-refractivity contribution is -0.116. The average Bonchev–Trinajstić information content (AvgIpc) is 2.73. The number of rotatable bonds is 4. The summed E-state index contributed by atoms with van der Waals surface area (Å²) in [5.74, 6) is -1.11. The lowest BCUT2D eigenvalue weighted by atomic mass is 9.75. The Kier molecular flexibility index (Phi) is 5.53. The molecule has 0 aromatic heterocycles. The van der Waals surface area contributed by atoms with Gasteiger partial charge in [-0.25, -0.2) is 4.39 Å². The van der Waals surface area contributed by atoms with Crippen molar-refractivity contribution in [2.45, 2.75) is 45.4 Å². The SMILES string of the molecule is CCc1ccc(C2C(C(=O)Nc3cccc(F)c3)=C(C)NC3=C2C(=O)CCC3)cc1. The van der Waals surface area contributed by atoms with Crippen LogP contribution in [-0.2, 0) is 16.0 Å². The number of nitrogens with one attached hydrogen (secondary N) is 2. The standard InChI is InChI=1S/C25H25FN2O2/c1-3-16-10-12-17(13-11-16)23-22(25(30)28-19-7-4-6-18(26)14-19)15(2)27-20-8-5-9-21(29)24(20)23/h4,6-7,10-14,23,27H,3,5,8-9H2,1-2H3,(H,28,30). The van der Waals surface area contributed by atoms with Crippen LogP contribution in [0.3, 0.4) is 0 Å². The van der Waals surface area contributed by atoms with Crippen molar-refractivity contribution >= 4 is 17.4 Å². The van der Waals surface area contributed by atoms with Crippen molar-refractivity contribution in [1.29, 1.82) is 0 Å². The Morgan fingerprint density at radius 3 is 2.63 bits per heavy atom. The fourth-order valence-corrected chi connectivity index (χ4v) is 4.33. The predicted octanol–water partition coefficient (Wildman–Crippen LogP) is 4.99. The molecule has 2 aromatic rings. The van der Waals surface area contributed by atoms with E-state index in [-0.39, 0.29) is 11.7 Å². The molecule has 154 valence electrons. The Morgan fingerprint density at radius 1 is 1.17 bits per heavy atom. The number of allylic oxidation sites excluding steroid dienone is 3. The first-order chi connectivity index (χ1) is 14.5. The highest BCUT2D eigenvalue weighted by molar-refractivity contribution is 6.09. The Balaban J connectivity index is 1.77. The maximum atomic E-state index is 13.6. The molecule has 1 unspecified atom stereocenters. The maximum absolute atomic E-state index is 13.6. The molecule has 1 aliphatic heterocycles. The number of amides is 1. The first-order valence-electron chi connectivity index (χ1n) is 10.4. The first kappa shape index (κ1) is 20.1. The van der Waals surface area contributed by atoms with Gasteiger partial charge in [-0.3, -0.25) is 9.59 Å². The van der Waals surface area contributed by atoms with E-state index in [0.717, 1.165) is 36.2 Å². The van der Waals surface area contributed by atoms with Crippen LogP contribution < -0.4 is 10.6 Å². The number of carbonyl (C=O) groups is 2. The molecule has 1 heterocycles. The fourth-order valence-electron chi connectivity index (χ4n) is 4.33. The highest BCUT2D eigenvalue weighted by atomic mass is 19.1. The van der Waals surface area contributed by atoms with Gasteiger partial charge in [0, 0.05) is 40.6 Å². The number of halogens is 1. The van der Waals surface area contributed by atoms with Crippen molar-refractivity contribution < 1.29 is 14.0 Å². The number of benzene rings is 2. The maximum Gasteiger partial charge on any atom is 0.254 e. The summed E-state index contributed by atoms with van der Waals surface area (Å²) in [6.07, 6.45) is 3.01. The number of Topliss-reactive ketones (excluding diaryl/α,β-unsaturated/α-hetero) is 1. The Labute approximate surface area is 175 Å². The van der Waals surface area contributed by atoms with Gasteiger partial charge < -0.3 is 10.6 Å². The van der Waals surface area contributed by atoms with Gasteiger partial charge in [-0.1, -0.05) is 37.3 Å². The van der Waals surface area contributed by atoms with Crippen LogP contribution in [0.5, 0.6) is 0 Å². The van der Waals surface area contributed by atoms with Gasteiger partial charge in [0.05, 0.1) is 0 Å². The summed E-state index contributed by atoms with van der Waals surface area (Å²) in [5.41, 5.74) is 5.31. The number of aryl methyl sites for hydroxylation is 1. The van der Waals surface area contributed by atoms with Crippen molar-refractivity contribution in [3.8, 4) is 0 Å². The van der Waals surface area contributed by atoms with Crippen LogP contribution in [0.1, 0.15) is 50.2 Å². The van der Waals surface area contributed by atoms with Crippen molar-refractivity contribution in [3.63, 3.8) is 0 Å². The van der Waals surface area contributed by atoms with Crippen LogP contribution in [-0.4, -0.2) is 11.7 Å². The highest BCUT2D eigenvalue weighted by Gasteiger charge is 2.38. The molecule has 4 rings (SSSR count). The third-order valence-corrected chi connectivity index (χ3v) is 5.82. The summed E-state index contributed by atoms with van der Waals surface area (Å²) in [6, 6.07) is 13.9. The van der Waals surface area contributed by atoms with Gasteiger partial charge in [0.1, 0.15) is 5.82 Å². The molecule has 2 aliphatic rings. The van der Waals surface area contributed by atoms with Crippen LogP contribution in [0.15, 0.2) is 71.1 Å². The topological polar surface area (TPSA) is 58.2 Å². The van der Waals surface area contributed by atoms with Crippen LogP contribution in [0, 0.1) is 5.82 Å². The Morgan fingerprint density at radius 2 is 1.93 bits per heavy atom. The normalized spacial score (nSPS) is 18.8. The predicted molar refractivity (Wildman–Crippen MR) is 115 cm³/mol. The van der Waals surface area contributed by atoms with Crippen LogP contribution in [0.2, 0.25) is 0 Å². The molecule has 0 bridgehead atoms. The number of dihydropyridines is 1. The third kappa shape index (κ3) is 3.80. The van der Waals surface area contributed by atoms with Crippen LogP contribution in [0.25, 0.3) is 0 Å². The second-order valence-electron chi connectivity index (χ2n) is 7.83. The number of anilines is 1. The highest BCUT2D eigenvalue weighted by Crippen LogP contribution is 2.42. The van der Waals surface area contributed by atoms with Crippen LogP contribution in [0.4, 0.5) is 10.1 Å². The number of carbonyl (C=O) groups excluding carboxylic acids is 2.